The van der Waals surface area contributed by atoms with E-state index < -0.39 is 17.1 Å². The minimum Gasteiger partial charge on any atom is -0.378 e. The summed E-state index contributed by atoms with van der Waals surface area (Å²) >= 11 is 2.26. The maximum atomic E-state index is 14.0. The number of fused-ring (bicyclic) bond motifs is 2. The molecule has 2 unspecified atom stereocenters. The molecule has 3 aromatic carbocycles. The lowest BCUT2D eigenvalue weighted by atomic mass is 9.83. The van der Waals surface area contributed by atoms with Crippen molar-refractivity contribution in [3.8, 4) is 0 Å². The summed E-state index contributed by atoms with van der Waals surface area (Å²) in [5, 5.41) is 2.69. The van der Waals surface area contributed by atoms with E-state index in [9.17, 15) is 19.2 Å². The number of nitrogens with zero attached hydrogens (tertiary/aromatic N) is 3. The quantitative estimate of drug-likeness (QED) is 0.330. The van der Waals surface area contributed by atoms with Crippen molar-refractivity contribution in [3.05, 3.63) is 105 Å². The number of amides is 3. The molecule has 0 bridgehead atoms. The first-order valence-corrected chi connectivity index (χ1v) is 14.9. The van der Waals surface area contributed by atoms with Crippen molar-refractivity contribution in [2.24, 2.45) is 5.92 Å². The molecule has 1 saturated heterocycles. The van der Waals surface area contributed by atoms with E-state index in [1.165, 1.54) is 21.2 Å². The van der Waals surface area contributed by atoms with Crippen LogP contribution in [-0.4, -0.2) is 41.6 Å². The fourth-order valence-electron chi connectivity index (χ4n) is 5.41. The van der Waals surface area contributed by atoms with Gasteiger partial charge in [0.2, 0.25) is 17.7 Å². The van der Waals surface area contributed by atoms with Crippen LogP contribution in [0.3, 0.4) is 0 Å². The molecule has 41 heavy (non-hydrogen) atoms. The first kappa shape index (κ1) is 27.0. The van der Waals surface area contributed by atoms with Gasteiger partial charge in [0.05, 0.1) is 16.6 Å². The average Bonchev–Trinajstić information content (AvgIpc) is 3.41. The van der Waals surface area contributed by atoms with Gasteiger partial charge >= 0.3 is 4.87 Å². The SMILES string of the molecule is Cc1ccc(NC(=O)Cn2c3c(sc2=O)[C@H](c2ccc(N(C)C)cc2)C2C(=O)N(c4ccccc4)C(=O)C2S3)cc1. The summed E-state index contributed by atoms with van der Waals surface area (Å²) in [4.78, 5) is 57.8. The van der Waals surface area contributed by atoms with Crippen molar-refractivity contribution in [2.45, 2.75) is 29.7 Å². The predicted octanol–water partition coefficient (Wildman–Crippen LogP) is 4.72. The van der Waals surface area contributed by atoms with Crippen molar-refractivity contribution in [2.75, 3.05) is 29.2 Å². The second kappa shape index (κ2) is 10.7. The maximum absolute atomic E-state index is 14.0. The van der Waals surface area contributed by atoms with E-state index >= 15 is 0 Å². The lowest BCUT2D eigenvalue weighted by Gasteiger charge is -2.31. The molecule has 1 aromatic heterocycles. The van der Waals surface area contributed by atoms with Crippen LogP contribution in [0.5, 0.6) is 0 Å². The van der Waals surface area contributed by atoms with Gasteiger partial charge in [-0.25, -0.2) is 4.90 Å². The average molecular weight is 585 g/mol. The van der Waals surface area contributed by atoms with Crippen LogP contribution in [0, 0.1) is 12.8 Å². The number of hydrogen-bond donors (Lipinski definition) is 1. The van der Waals surface area contributed by atoms with Crippen molar-refractivity contribution in [3.63, 3.8) is 0 Å². The van der Waals surface area contributed by atoms with Gasteiger partial charge in [0.15, 0.2) is 0 Å². The lowest BCUT2D eigenvalue weighted by Crippen LogP contribution is -2.33. The van der Waals surface area contributed by atoms with Crippen LogP contribution in [0.2, 0.25) is 0 Å². The Bertz CT molecular complexity index is 1690. The second-order valence-corrected chi connectivity index (χ2v) is 12.5. The normalized spacial score (nSPS) is 19.6. The van der Waals surface area contributed by atoms with E-state index in [0.29, 0.717) is 21.3 Å². The Hall–Kier alpha value is -4.15. The molecule has 3 atom stereocenters. The molecule has 2 aliphatic rings. The van der Waals surface area contributed by atoms with E-state index in [-0.39, 0.29) is 29.1 Å². The topological polar surface area (TPSA) is 91.7 Å². The minimum atomic E-state index is -0.728. The standard InChI is InChI=1S/C31H28N4O4S2/c1-18-9-13-20(14-10-18)32-23(36)17-34-30-27(41-31(34)39)24(19-11-15-21(16-12-19)33(2)3)25-26(40-30)29(38)35(28(25)37)22-7-5-4-6-8-22/h4-16,24-26H,17H2,1-3H3,(H,32,36)/t24-,25?,26?/m1/s1. The second-order valence-electron chi connectivity index (χ2n) is 10.4. The summed E-state index contributed by atoms with van der Waals surface area (Å²) in [6.07, 6.45) is 0. The molecular formula is C31H28N4O4S2. The summed E-state index contributed by atoms with van der Waals surface area (Å²) < 4.78 is 1.44. The van der Waals surface area contributed by atoms with Gasteiger partial charge in [-0.05, 0) is 48.9 Å². The number of rotatable bonds is 6. The number of nitrogens with one attached hydrogen (secondary N) is 1. The number of thiazole rings is 1. The number of aromatic nitrogens is 1. The first-order chi connectivity index (χ1) is 19.7. The van der Waals surface area contributed by atoms with Crippen LogP contribution in [-0.2, 0) is 20.9 Å². The molecule has 0 saturated carbocycles. The van der Waals surface area contributed by atoms with Gasteiger partial charge in [-0.2, -0.15) is 0 Å². The third-order valence-corrected chi connectivity index (χ3v) is 10.1. The number of para-hydroxylation sites is 1. The maximum Gasteiger partial charge on any atom is 0.308 e. The van der Waals surface area contributed by atoms with Crippen molar-refractivity contribution in [1.82, 2.24) is 4.57 Å². The summed E-state index contributed by atoms with van der Waals surface area (Å²) in [7, 11) is 3.90. The monoisotopic (exact) mass is 584 g/mol. The number of benzene rings is 3. The Labute approximate surface area is 245 Å². The molecule has 1 N–H and O–H groups in total. The van der Waals surface area contributed by atoms with Gasteiger partial charge in [-0.15, -0.1) is 0 Å². The highest BCUT2D eigenvalue weighted by Gasteiger charge is 2.56. The first-order valence-electron chi connectivity index (χ1n) is 13.2. The van der Waals surface area contributed by atoms with Crippen molar-refractivity contribution in [1.29, 1.82) is 0 Å². The smallest absolute Gasteiger partial charge is 0.308 e. The number of imide groups is 1. The van der Waals surface area contributed by atoms with E-state index in [1.54, 1.807) is 24.3 Å². The molecule has 208 valence electrons. The predicted molar refractivity (Wildman–Crippen MR) is 163 cm³/mol. The van der Waals surface area contributed by atoms with E-state index in [2.05, 4.69) is 5.32 Å². The highest BCUT2D eigenvalue weighted by atomic mass is 32.2. The van der Waals surface area contributed by atoms with Crippen LogP contribution in [0.4, 0.5) is 17.1 Å². The number of carbonyl (C=O) groups excluding carboxylic acids is 3. The fraction of sp³-hybridized carbons (Fsp3) is 0.226. The summed E-state index contributed by atoms with van der Waals surface area (Å²) in [6.45, 7) is 1.77. The van der Waals surface area contributed by atoms with Gasteiger partial charge in [0.1, 0.15) is 11.8 Å². The van der Waals surface area contributed by atoms with Crippen molar-refractivity contribution < 1.29 is 14.4 Å². The zero-order valence-corrected chi connectivity index (χ0v) is 24.4. The highest BCUT2D eigenvalue weighted by molar-refractivity contribution is 8.00. The lowest BCUT2D eigenvalue weighted by molar-refractivity contribution is -0.122. The third kappa shape index (κ3) is 4.87. The van der Waals surface area contributed by atoms with Crippen LogP contribution in [0.1, 0.15) is 21.9 Å². The van der Waals surface area contributed by atoms with Crippen molar-refractivity contribution >= 4 is 57.9 Å². The molecule has 0 spiro atoms. The zero-order valence-electron chi connectivity index (χ0n) is 22.7. The number of anilines is 3. The third-order valence-electron chi connectivity index (χ3n) is 7.47. The van der Waals surface area contributed by atoms with Crippen LogP contribution < -0.4 is 20.0 Å². The van der Waals surface area contributed by atoms with E-state index in [1.807, 2.05) is 80.5 Å². The number of aryl methyl sites for hydroxylation is 1. The largest absolute Gasteiger partial charge is 0.378 e. The van der Waals surface area contributed by atoms with Gasteiger partial charge in [-0.1, -0.05) is 71.1 Å². The number of carbonyl (C=O) groups is 3. The summed E-state index contributed by atoms with van der Waals surface area (Å²) in [5.41, 5.74) is 4.08. The summed E-state index contributed by atoms with van der Waals surface area (Å²) in [6, 6.07) is 24.2. The van der Waals surface area contributed by atoms with Crippen LogP contribution in [0.15, 0.2) is 88.7 Å². The fourth-order valence-corrected chi connectivity index (χ4v) is 8.18. The Morgan fingerprint density at radius 2 is 1.59 bits per heavy atom. The Morgan fingerprint density at radius 3 is 2.24 bits per heavy atom. The highest BCUT2D eigenvalue weighted by Crippen LogP contribution is 2.54. The van der Waals surface area contributed by atoms with E-state index in [4.69, 9.17) is 0 Å². The Kier molecular flexibility index (Phi) is 7.04. The Balaban J connectivity index is 1.41. The molecule has 0 aliphatic carbocycles. The van der Waals surface area contributed by atoms with Crippen LogP contribution in [0.25, 0.3) is 0 Å². The minimum absolute atomic E-state index is 0.195. The molecule has 8 nitrogen and oxygen atoms in total. The zero-order chi connectivity index (χ0) is 28.8. The summed E-state index contributed by atoms with van der Waals surface area (Å²) in [5.74, 6) is -2.12. The molecular weight excluding hydrogens is 556 g/mol. The molecule has 10 heteroatoms. The molecule has 1 fully saturated rings. The van der Waals surface area contributed by atoms with Gasteiger partial charge in [0.25, 0.3) is 0 Å². The number of thioether (sulfide) groups is 1. The molecule has 3 heterocycles. The number of hydrogen-bond acceptors (Lipinski definition) is 7. The van der Waals surface area contributed by atoms with Crippen LogP contribution >= 0.6 is 23.1 Å². The van der Waals surface area contributed by atoms with Gasteiger partial charge in [0, 0.05) is 36.3 Å². The molecule has 4 aromatic rings. The molecule has 2 aliphatic heterocycles. The molecule has 3 amide bonds. The van der Waals surface area contributed by atoms with Gasteiger partial charge in [-0.3, -0.25) is 23.7 Å². The molecule has 0 radical (unpaired) electrons. The van der Waals surface area contributed by atoms with Gasteiger partial charge < -0.3 is 10.2 Å². The van der Waals surface area contributed by atoms with E-state index in [0.717, 1.165) is 28.2 Å². The molecule has 6 rings (SSSR count). The Morgan fingerprint density at radius 1 is 0.902 bits per heavy atom.